The number of hydrogen-bond donors (Lipinski definition) is 2. The number of guanidine groups is 1. The molecule has 2 aliphatic rings. The zero-order valence-corrected chi connectivity index (χ0v) is 18.0. The predicted molar refractivity (Wildman–Crippen MR) is 118 cm³/mol. The molecule has 1 aliphatic carbocycles. The normalized spacial score (nSPS) is 18.6. The first-order valence-electron chi connectivity index (χ1n) is 9.70. The summed E-state index contributed by atoms with van der Waals surface area (Å²) in [6.45, 7) is 4.45. The van der Waals surface area contributed by atoms with Gasteiger partial charge in [0.2, 0.25) is 5.91 Å². The van der Waals surface area contributed by atoms with Crippen LogP contribution < -0.4 is 15.5 Å². The summed E-state index contributed by atoms with van der Waals surface area (Å²) in [6, 6.07) is 8.82. The molecule has 0 bridgehead atoms. The van der Waals surface area contributed by atoms with Crippen molar-refractivity contribution in [2.24, 2.45) is 4.99 Å². The molecule has 0 aromatic heterocycles. The molecule has 0 unspecified atom stereocenters. The highest BCUT2D eigenvalue weighted by Gasteiger charge is 2.19. The van der Waals surface area contributed by atoms with Crippen molar-refractivity contribution in [2.75, 3.05) is 18.0 Å². The molecule has 0 spiro atoms. The summed E-state index contributed by atoms with van der Waals surface area (Å²) in [5, 5.41) is 6.88. The molecule has 2 fully saturated rings. The monoisotopic (exact) mass is 470 g/mol. The number of benzene rings is 1. The van der Waals surface area contributed by atoms with E-state index in [1.165, 1.54) is 25.7 Å². The number of hydrogen-bond acceptors (Lipinski definition) is 2. The number of piperidine rings is 1. The number of nitrogens with zero attached hydrogens (tertiary/aromatic N) is 2. The minimum absolute atomic E-state index is 0. The highest BCUT2D eigenvalue weighted by molar-refractivity contribution is 14.0. The van der Waals surface area contributed by atoms with Gasteiger partial charge in [-0.25, -0.2) is 4.99 Å². The molecule has 6 heteroatoms. The average molecular weight is 470 g/mol. The Morgan fingerprint density at radius 3 is 2.54 bits per heavy atom. The summed E-state index contributed by atoms with van der Waals surface area (Å²) in [5.74, 6) is 1.15. The zero-order chi connectivity index (χ0) is 17.5. The van der Waals surface area contributed by atoms with Gasteiger partial charge >= 0.3 is 0 Å². The van der Waals surface area contributed by atoms with E-state index in [-0.39, 0.29) is 29.9 Å². The fraction of sp³-hybridized carbons (Fsp3) is 0.600. The first-order valence-corrected chi connectivity index (χ1v) is 9.70. The van der Waals surface area contributed by atoms with E-state index in [2.05, 4.69) is 29.7 Å². The minimum atomic E-state index is 0. The Balaban J connectivity index is 0.00000243. The largest absolute Gasteiger partial charge is 0.357 e. The summed E-state index contributed by atoms with van der Waals surface area (Å²) in [6.07, 6.45) is 7.89. The topological polar surface area (TPSA) is 56.7 Å². The summed E-state index contributed by atoms with van der Waals surface area (Å²) >= 11 is 0. The molecule has 1 heterocycles. The van der Waals surface area contributed by atoms with Crippen molar-refractivity contribution in [1.29, 1.82) is 0 Å². The third kappa shape index (κ3) is 5.86. The van der Waals surface area contributed by atoms with Gasteiger partial charge in [0, 0.05) is 31.2 Å². The van der Waals surface area contributed by atoms with Crippen molar-refractivity contribution in [3.63, 3.8) is 0 Å². The Labute approximate surface area is 174 Å². The number of anilines is 1. The summed E-state index contributed by atoms with van der Waals surface area (Å²) in [7, 11) is 0. The maximum Gasteiger partial charge on any atom is 0.226 e. The molecular weight excluding hydrogens is 439 g/mol. The van der Waals surface area contributed by atoms with Gasteiger partial charge in [0.1, 0.15) is 0 Å². The molecule has 1 aromatic carbocycles. The van der Waals surface area contributed by atoms with Crippen molar-refractivity contribution < 1.29 is 4.79 Å². The molecule has 1 saturated heterocycles. The molecule has 26 heavy (non-hydrogen) atoms. The van der Waals surface area contributed by atoms with Crippen LogP contribution in [0.1, 0.15) is 57.4 Å². The summed E-state index contributed by atoms with van der Waals surface area (Å²) < 4.78 is 0. The molecule has 1 saturated carbocycles. The third-order valence-electron chi connectivity index (χ3n) is 5.03. The van der Waals surface area contributed by atoms with Gasteiger partial charge in [-0.3, -0.25) is 4.79 Å². The van der Waals surface area contributed by atoms with Crippen LogP contribution in [0.5, 0.6) is 0 Å². The van der Waals surface area contributed by atoms with Crippen LogP contribution in [0.25, 0.3) is 0 Å². The number of carbonyl (C=O) groups is 1. The van der Waals surface area contributed by atoms with Crippen LogP contribution in [0.2, 0.25) is 0 Å². The number of aliphatic imine (C=N–C) groups is 1. The highest BCUT2D eigenvalue weighted by Crippen LogP contribution is 2.21. The number of halogens is 1. The van der Waals surface area contributed by atoms with Crippen LogP contribution in [-0.2, 0) is 11.3 Å². The second-order valence-electron chi connectivity index (χ2n) is 6.99. The molecule has 144 valence electrons. The fourth-order valence-corrected chi connectivity index (χ4v) is 3.61. The second-order valence-corrected chi connectivity index (χ2v) is 6.99. The van der Waals surface area contributed by atoms with Gasteiger partial charge in [-0.2, -0.15) is 0 Å². The lowest BCUT2D eigenvalue weighted by Crippen LogP contribution is -2.42. The first kappa shape index (κ1) is 21.0. The van der Waals surface area contributed by atoms with E-state index in [0.717, 1.165) is 43.1 Å². The quantitative estimate of drug-likeness (QED) is 0.391. The van der Waals surface area contributed by atoms with Gasteiger partial charge in [0.15, 0.2) is 5.96 Å². The zero-order valence-electron chi connectivity index (χ0n) is 15.7. The van der Waals surface area contributed by atoms with Crippen LogP contribution in [0.15, 0.2) is 29.3 Å². The molecule has 2 N–H and O–H groups in total. The van der Waals surface area contributed by atoms with Gasteiger partial charge < -0.3 is 15.5 Å². The van der Waals surface area contributed by atoms with Gasteiger partial charge in [-0.15, -0.1) is 24.0 Å². The van der Waals surface area contributed by atoms with Crippen LogP contribution in [-0.4, -0.2) is 31.0 Å². The van der Waals surface area contributed by atoms with Gasteiger partial charge in [0.25, 0.3) is 0 Å². The third-order valence-corrected chi connectivity index (χ3v) is 5.03. The van der Waals surface area contributed by atoms with Crippen molar-refractivity contribution >= 4 is 41.5 Å². The number of amides is 1. The van der Waals surface area contributed by atoms with E-state index in [1.807, 2.05) is 17.0 Å². The van der Waals surface area contributed by atoms with E-state index >= 15 is 0 Å². The number of rotatable bonds is 5. The second kappa shape index (κ2) is 10.7. The predicted octanol–water partition coefficient (Wildman–Crippen LogP) is 3.82. The SMILES string of the molecule is CCNC(=NCc1ccc(N2CCCCC2=O)cc1)NC1CCCC1.I. The summed E-state index contributed by atoms with van der Waals surface area (Å²) in [5.41, 5.74) is 2.17. The molecule has 1 amide bonds. The average Bonchev–Trinajstić information content (AvgIpc) is 3.14. The molecule has 0 radical (unpaired) electrons. The molecule has 3 rings (SSSR count). The Morgan fingerprint density at radius 1 is 1.15 bits per heavy atom. The van der Waals surface area contributed by atoms with Crippen LogP contribution in [0, 0.1) is 0 Å². The fourth-order valence-electron chi connectivity index (χ4n) is 3.61. The van der Waals surface area contributed by atoms with Crippen molar-refractivity contribution in [3.05, 3.63) is 29.8 Å². The molecular formula is C20H31IN4O. The van der Waals surface area contributed by atoms with E-state index in [9.17, 15) is 4.79 Å². The Hall–Kier alpha value is -1.31. The van der Waals surface area contributed by atoms with E-state index in [4.69, 9.17) is 4.99 Å². The van der Waals surface area contributed by atoms with Gasteiger partial charge in [-0.05, 0) is 50.3 Å². The van der Waals surface area contributed by atoms with Gasteiger partial charge in [0.05, 0.1) is 6.54 Å². The summed E-state index contributed by atoms with van der Waals surface area (Å²) in [4.78, 5) is 18.6. The van der Waals surface area contributed by atoms with Crippen LogP contribution in [0.4, 0.5) is 5.69 Å². The lowest BCUT2D eigenvalue weighted by molar-refractivity contribution is -0.119. The number of carbonyl (C=O) groups excluding carboxylic acids is 1. The smallest absolute Gasteiger partial charge is 0.226 e. The van der Waals surface area contributed by atoms with Crippen LogP contribution >= 0.6 is 24.0 Å². The molecule has 0 atom stereocenters. The number of nitrogens with one attached hydrogen (secondary N) is 2. The van der Waals surface area contributed by atoms with Crippen molar-refractivity contribution in [2.45, 2.75) is 64.5 Å². The molecule has 5 nitrogen and oxygen atoms in total. The Kier molecular flexibility index (Phi) is 8.68. The Bertz CT molecular complexity index is 596. The lowest BCUT2D eigenvalue weighted by Gasteiger charge is -2.26. The standard InChI is InChI=1S/C20H30N4O.HI/c1-2-21-20(23-17-7-3-4-8-17)22-15-16-10-12-18(13-11-16)24-14-6-5-9-19(24)25;/h10-13,17H,2-9,14-15H2,1H3,(H2,21,22,23);1H. The Morgan fingerprint density at radius 2 is 1.88 bits per heavy atom. The van der Waals surface area contributed by atoms with E-state index < -0.39 is 0 Å². The maximum atomic E-state index is 12.0. The van der Waals surface area contributed by atoms with Crippen molar-refractivity contribution in [3.8, 4) is 0 Å². The van der Waals surface area contributed by atoms with Gasteiger partial charge in [-0.1, -0.05) is 25.0 Å². The molecule has 1 aliphatic heterocycles. The van der Waals surface area contributed by atoms with E-state index in [1.54, 1.807) is 0 Å². The van der Waals surface area contributed by atoms with Crippen LogP contribution in [0.3, 0.4) is 0 Å². The lowest BCUT2D eigenvalue weighted by atomic mass is 10.1. The van der Waals surface area contributed by atoms with E-state index in [0.29, 0.717) is 19.0 Å². The minimum Gasteiger partial charge on any atom is -0.357 e. The first-order chi connectivity index (χ1) is 12.3. The molecule has 1 aromatic rings. The highest BCUT2D eigenvalue weighted by atomic mass is 127. The maximum absolute atomic E-state index is 12.0. The van der Waals surface area contributed by atoms with Crippen molar-refractivity contribution in [1.82, 2.24) is 10.6 Å².